The van der Waals surface area contributed by atoms with E-state index in [9.17, 15) is 8.42 Å². The Kier molecular flexibility index (Phi) is 4.48. The first-order valence-electron chi connectivity index (χ1n) is 8.04. The Morgan fingerprint density at radius 3 is 2.14 bits per heavy atom. The molecule has 126 valence electrons. The number of sulfonamides is 1. The highest BCUT2D eigenvalue weighted by Crippen LogP contribution is 2.33. The van der Waals surface area contributed by atoms with Gasteiger partial charge in [-0.05, 0) is 33.6 Å². The molecule has 0 bridgehead atoms. The summed E-state index contributed by atoms with van der Waals surface area (Å²) >= 11 is 0. The third-order valence-electron chi connectivity index (χ3n) is 3.84. The van der Waals surface area contributed by atoms with Crippen molar-refractivity contribution in [2.45, 2.75) is 89.1 Å². The van der Waals surface area contributed by atoms with Crippen LogP contribution in [-0.4, -0.2) is 23.7 Å². The molecule has 1 N–H and O–H groups in total. The molecule has 1 heterocycles. The van der Waals surface area contributed by atoms with Gasteiger partial charge in [-0.3, -0.25) is 4.68 Å². The molecule has 0 radical (unpaired) electrons. The van der Waals surface area contributed by atoms with E-state index in [-0.39, 0.29) is 5.41 Å². The summed E-state index contributed by atoms with van der Waals surface area (Å²) in [5, 5.41) is 4.66. The van der Waals surface area contributed by atoms with Crippen LogP contribution in [0.15, 0.2) is 11.1 Å². The third kappa shape index (κ3) is 3.90. The minimum atomic E-state index is -3.57. The Bertz CT molecular complexity index is 627. The van der Waals surface area contributed by atoms with E-state index in [4.69, 9.17) is 0 Å². The zero-order valence-electron chi connectivity index (χ0n) is 14.6. The van der Waals surface area contributed by atoms with Crippen molar-refractivity contribution in [1.82, 2.24) is 14.5 Å². The van der Waals surface area contributed by atoms with Gasteiger partial charge in [-0.25, -0.2) is 13.1 Å². The molecule has 0 saturated heterocycles. The molecule has 2 rings (SSSR count). The van der Waals surface area contributed by atoms with Crippen molar-refractivity contribution >= 4 is 10.0 Å². The lowest BCUT2D eigenvalue weighted by Gasteiger charge is -2.22. The van der Waals surface area contributed by atoms with Gasteiger partial charge in [-0.15, -0.1) is 0 Å². The first kappa shape index (κ1) is 17.5. The molecule has 22 heavy (non-hydrogen) atoms. The van der Waals surface area contributed by atoms with Crippen LogP contribution in [-0.2, 0) is 15.4 Å². The molecule has 0 aliphatic heterocycles. The van der Waals surface area contributed by atoms with E-state index in [0.29, 0.717) is 16.6 Å². The van der Waals surface area contributed by atoms with Crippen LogP contribution in [0.3, 0.4) is 0 Å². The average Bonchev–Trinajstić information content (AvgIpc) is 2.94. The largest absolute Gasteiger partial charge is 0.268 e. The maximum atomic E-state index is 12.8. The average molecular weight is 327 g/mol. The van der Waals surface area contributed by atoms with Gasteiger partial charge in [0.05, 0.1) is 11.7 Å². The Balaban J connectivity index is 2.49. The lowest BCUT2D eigenvalue weighted by molar-refractivity contribution is 0.448. The minimum Gasteiger partial charge on any atom is -0.268 e. The molecule has 1 fully saturated rings. The van der Waals surface area contributed by atoms with E-state index < -0.39 is 15.6 Å². The van der Waals surface area contributed by atoms with Gasteiger partial charge < -0.3 is 0 Å². The second-order valence-electron chi connectivity index (χ2n) is 8.37. The zero-order chi connectivity index (χ0) is 16.8. The molecule has 1 aromatic rings. The highest BCUT2D eigenvalue weighted by molar-refractivity contribution is 7.89. The summed E-state index contributed by atoms with van der Waals surface area (Å²) in [5.41, 5.74) is -0.175. The fourth-order valence-electron chi connectivity index (χ4n) is 2.91. The van der Waals surface area contributed by atoms with E-state index in [1.807, 2.05) is 46.2 Å². The van der Waals surface area contributed by atoms with Crippen LogP contribution in [0.1, 0.15) is 79.0 Å². The summed E-state index contributed by atoms with van der Waals surface area (Å²) in [6.45, 7) is 11.6. The van der Waals surface area contributed by atoms with Crippen LogP contribution in [0, 0.1) is 0 Å². The molecule has 1 aliphatic carbocycles. The quantitative estimate of drug-likeness (QED) is 0.925. The van der Waals surface area contributed by atoms with Crippen molar-refractivity contribution in [1.29, 1.82) is 0 Å². The van der Waals surface area contributed by atoms with Crippen LogP contribution in [0.2, 0.25) is 0 Å². The summed E-state index contributed by atoms with van der Waals surface area (Å²) in [6, 6.07) is 0.333. The maximum absolute atomic E-state index is 12.8. The number of aromatic nitrogens is 2. The van der Waals surface area contributed by atoms with Crippen LogP contribution in [0.5, 0.6) is 0 Å². The molecule has 6 heteroatoms. The van der Waals surface area contributed by atoms with Gasteiger partial charge in [-0.1, -0.05) is 33.6 Å². The van der Waals surface area contributed by atoms with Crippen molar-refractivity contribution in [2.75, 3.05) is 0 Å². The number of nitrogens with zero attached hydrogens (tertiary/aromatic N) is 2. The summed E-state index contributed by atoms with van der Waals surface area (Å²) in [6.07, 6.45) is 6.27. The highest BCUT2D eigenvalue weighted by Gasteiger charge is 2.33. The summed E-state index contributed by atoms with van der Waals surface area (Å²) < 4.78 is 30.2. The van der Waals surface area contributed by atoms with Gasteiger partial charge in [0.2, 0.25) is 10.0 Å². The molecule has 0 spiro atoms. The second-order valence-corrected chi connectivity index (χ2v) is 10.0. The van der Waals surface area contributed by atoms with Gasteiger partial charge in [-0.2, -0.15) is 5.10 Å². The Morgan fingerprint density at radius 1 is 1.14 bits per heavy atom. The summed E-state index contributed by atoms with van der Waals surface area (Å²) in [5.74, 6) is 0. The molecule has 1 aromatic heterocycles. The second kappa shape index (κ2) is 5.64. The molecule has 5 nitrogen and oxygen atoms in total. The van der Waals surface area contributed by atoms with Crippen LogP contribution < -0.4 is 4.72 Å². The summed E-state index contributed by atoms with van der Waals surface area (Å²) in [7, 11) is -3.57. The predicted molar refractivity (Wildman–Crippen MR) is 88.5 cm³/mol. The molecule has 0 unspecified atom stereocenters. The molecule has 0 aromatic carbocycles. The van der Waals surface area contributed by atoms with Gasteiger partial charge in [0.1, 0.15) is 4.90 Å². The molecule has 0 amide bonds. The minimum absolute atomic E-state index is 0.314. The van der Waals surface area contributed by atoms with Gasteiger partial charge >= 0.3 is 0 Å². The third-order valence-corrected chi connectivity index (χ3v) is 5.60. The standard InChI is InChI=1S/C16H29N3O2S/c1-15(2,3)14-13(22(20,21)18-16(4,5)6)11-19(17-14)12-9-7-8-10-12/h11-12,18H,7-10H2,1-6H3. The Labute approximate surface area is 134 Å². The Morgan fingerprint density at radius 2 is 1.68 bits per heavy atom. The normalized spacial score (nSPS) is 18.1. The predicted octanol–water partition coefficient (Wildman–Crippen LogP) is 3.37. The first-order valence-corrected chi connectivity index (χ1v) is 9.52. The highest BCUT2D eigenvalue weighted by atomic mass is 32.2. The lowest BCUT2D eigenvalue weighted by atomic mass is 9.92. The van der Waals surface area contributed by atoms with E-state index >= 15 is 0 Å². The monoisotopic (exact) mass is 327 g/mol. The molecular weight excluding hydrogens is 298 g/mol. The van der Waals surface area contributed by atoms with Crippen LogP contribution >= 0.6 is 0 Å². The number of hydrogen-bond donors (Lipinski definition) is 1. The smallest absolute Gasteiger partial charge is 0.244 e. The summed E-state index contributed by atoms with van der Waals surface area (Å²) in [4.78, 5) is 0.321. The molecular formula is C16H29N3O2S. The van der Waals surface area contributed by atoms with Crippen molar-refractivity contribution in [2.24, 2.45) is 0 Å². The molecule has 1 saturated carbocycles. The zero-order valence-corrected chi connectivity index (χ0v) is 15.4. The van der Waals surface area contributed by atoms with Gasteiger partial charge in [0.25, 0.3) is 0 Å². The van der Waals surface area contributed by atoms with E-state index in [1.54, 1.807) is 6.20 Å². The fraction of sp³-hybridized carbons (Fsp3) is 0.812. The fourth-order valence-corrected chi connectivity index (χ4v) is 4.67. The maximum Gasteiger partial charge on any atom is 0.244 e. The number of nitrogens with one attached hydrogen (secondary N) is 1. The molecule has 0 atom stereocenters. The van der Waals surface area contributed by atoms with E-state index in [0.717, 1.165) is 12.8 Å². The Hall–Kier alpha value is -0.880. The van der Waals surface area contributed by atoms with E-state index in [2.05, 4.69) is 9.82 Å². The van der Waals surface area contributed by atoms with Crippen molar-refractivity contribution < 1.29 is 8.42 Å². The van der Waals surface area contributed by atoms with Gasteiger partial charge in [0, 0.05) is 17.2 Å². The number of rotatable bonds is 3. The topological polar surface area (TPSA) is 64.0 Å². The number of hydrogen-bond acceptors (Lipinski definition) is 3. The molecule has 1 aliphatic rings. The first-order chi connectivity index (χ1) is 9.90. The van der Waals surface area contributed by atoms with E-state index in [1.165, 1.54) is 12.8 Å². The van der Waals surface area contributed by atoms with Crippen molar-refractivity contribution in [3.63, 3.8) is 0 Å². The van der Waals surface area contributed by atoms with Crippen LogP contribution in [0.25, 0.3) is 0 Å². The van der Waals surface area contributed by atoms with Crippen LogP contribution in [0.4, 0.5) is 0 Å². The van der Waals surface area contributed by atoms with Crippen molar-refractivity contribution in [3.05, 3.63) is 11.9 Å². The SMILES string of the molecule is CC(C)(C)NS(=O)(=O)c1cn(C2CCCC2)nc1C(C)(C)C. The lowest BCUT2D eigenvalue weighted by Crippen LogP contribution is -2.41. The van der Waals surface area contributed by atoms with Crippen molar-refractivity contribution in [3.8, 4) is 0 Å². The van der Waals surface area contributed by atoms with Gasteiger partial charge in [0.15, 0.2) is 0 Å².